The molecule has 2 aromatic rings. The summed E-state index contributed by atoms with van der Waals surface area (Å²) in [6.45, 7) is 4.80. The van der Waals surface area contributed by atoms with Gasteiger partial charge in [-0.15, -0.1) is 0 Å². The first-order chi connectivity index (χ1) is 15.5. The fourth-order valence-electron chi connectivity index (χ4n) is 4.09. The van der Waals surface area contributed by atoms with E-state index in [2.05, 4.69) is 4.90 Å². The second kappa shape index (κ2) is 8.97. The SMILES string of the molecule is O=S(=O)(c1ccc2c(c1)OCCCO2)N1CCN(Cc2cc(Cl)c3c(c2)OCCO3)CC1. The summed E-state index contributed by atoms with van der Waals surface area (Å²) in [5.41, 5.74) is 1.01. The van der Waals surface area contributed by atoms with E-state index >= 15 is 0 Å². The molecule has 32 heavy (non-hydrogen) atoms. The van der Waals surface area contributed by atoms with Crippen LogP contribution in [0.4, 0.5) is 0 Å². The lowest BCUT2D eigenvalue weighted by Crippen LogP contribution is -2.48. The van der Waals surface area contributed by atoms with Crippen LogP contribution in [0.1, 0.15) is 12.0 Å². The lowest BCUT2D eigenvalue weighted by molar-refractivity contribution is 0.169. The smallest absolute Gasteiger partial charge is 0.243 e. The van der Waals surface area contributed by atoms with E-state index < -0.39 is 10.0 Å². The first-order valence-electron chi connectivity index (χ1n) is 10.7. The molecule has 8 nitrogen and oxygen atoms in total. The summed E-state index contributed by atoms with van der Waals surface area (Å²) in [5, 5.41) is 0.535. The Morgan fingerprint density at radius 3 is 2.34 bits per heavy atom. The van der Waals surface area contributed by atoms with Crippen LogP contribution in [0.2, 0.25) is 5.02 Å². The zero-order valence-electron chi connectivity index (χ0n) is 17.6. The second-order valence-corrected chi connectivity index (χ2v) is 10.3. The van der Waals surface area contributed by atoms with Gasteiger partial charge in [0.05, 0.1) is 23.1 Å². The van der Waals surface area contributed by atoms with Crippen molar-refractivity contribution in [2.45, 2.75) is 17.9 Å². The molecular weight excluding hydrogens is 456 g/mol. The highest BCUT2D eigenvalue weighted by Gasteiger charge is 2.30. The molecule has 5 rings (SSSR count). The van der Waals surface area contributed by atoms with E-state index in [0.717, 1.165) is 12.0 Å². The van der Waals surface area contributed by atoms with Crippen LogP contribution in [-0.4, -0.2) is 70.2 Å². The van der Waals surface area contributed by atoms with Crippen LogP contribution in [0, 0.1) is 0 Å². The zero-order chi connectivity index (χ0) is 22.1. The van der Waals surface area contributed by atoms with Crippen molar-refractivity contribution in [2.75, 3.05) is 52.6 Å². The highest BCUT2D eigenvalue weighted by Crippen LogP contribution is 2.39. The molecule has 3 aliphatic rings. The van der Waals surface area contributed by atoms with Crippen molar-refractivity contribution < 1.29 is 27.4 Å². The normalized spacial score (nSPS) is 19.4. The molecule has 172 valence electrons. The van der Waals surface area contributed by atoms with Gasteiger partial charge in [0.1, 0.15) is 13.2 Å². The molecule has 0 saturated carbocycles. The van der Waals surface area contributed by atoms with Gasteiger partial charge in [0, 0.05) is 45.2 Å². The third-order valence-corrected chi connectivity index (χ3v) is 7.93. The van der Waals surface area contributed by atoms with Crippen LogP contribution >= 0.6 is 11.6 Å². The average molecular weight is 481 g/mol. The Kier molecular flexibility index (Phi) is 6.07. The predicted octanol–water partition coefficient (Wildman–Crippen LogP) is 2.78. The summed E-state index contributed by atoms with van der Waals surface area (Å²) < 4.78 is 50.4. The predicted molar refractivity (Wildman–Crippen MR) is 119 cm³/mol. The number of nitrogens with zero attached hydrogens (tertiary/aromatic N) is 2. The Bertz CT molecular complexity index is 1100. The van der Waals surface area contributed by atoms with E-state index in [1.165, 1.54) is 4.31 Å². The number of piperazine rings is 1. The Morgan fingerprint density at radius 1 is 0.812 bits per heavy atom. The van der Waals surface area contributed by atoms with Crippen LogP contribution in [0.5, 0.6) is 23.0 Å². The molecule has 10 heteroatoms. The average Bonchev–Trinajstić information content (AvgIpc) is 3.04. The van der Waals surface area contributed by atoms with Crippen molar-refractivity contribution in [1.29, 1.82) is 0 Å². The summed E-state index contributed by atoms with van der Waals surface area (Å²) in [6.07, 6.45) is 0.771. The molecule has 0 bridgehead atoms. The fraction of sp³-hybridized carbons (Fsp3) is 0.455. The van der Waals surface area contributed by atoms with E-state index in [4.69, 9.17) is 30.5 Å². The van der Waals surface area contributed by atoms with Crippen LogP contribution in [0.15, 0.2) is 35.2 Å². The van der Waals surface area contributed by atoms with Gasteiger partial charge in [-0.1, -0.05) is 11.6 Å². The van der Waals surface area contributed by atoms with E-state index in [1.54, 1.807) is 18.2 Å². The van der Waals surface area contributed by atoms with E-state index in [1.807, 2.05) is 12.1 Å². The Balaban J connectivity index is 1.25. The van der Waals surface area contributed by atoms with Gasteiger partial charge in [0.25, 0.3) is 0 Å². The third kappa shape index (κ3) is 4.34. The van der Waals surface area contributed by atoms with Gasteiger partial charge in [-0.05, 0) is 29.8 Å². The molecule has 0 N–H and O–H groups in total. The van der Waals surface area contributed by atoms with Gasteiger partial charge in [0.15, 0.2) is 23.0 Å². The number of hydrogen-bond acceptors (Lipinski definition) is 7. The summed E-state index contributed by atoms with van der Waals surface area (Å²) >= 11 is 6.35. The monoisotopic (exact) mass is 480 g/mol. The summed E-state index contributed by atoms with van der Waals surface area (Å²) in [6, 6.07) is 8.67. The van der Waals surface area contributed by atoms with E-state index in [-0.39, 0.29) is 4.90 Å². The molecule has 0 radical (unpaired) electrons. The van der Waals surface area contributed by atoms with E-state index in [9.17, 15) is 8.42 Å². The minimum absolute atomic E-state index is 0.230. The maximum Gasteiger partial charge on any atom is 0.243 e. The summed E-state index contributed by atoms with van der Waals surface area (Å²) in [4.78, 5) is 2.44. The Morgan fingerprint density at radius 2 is 1.53 bits per heavy atom. The van der Waals surface area contributed by atoms with Crippen LogP contribution in [-0.2, 0) is 16.6 Å². The number of rotatable bonds is 4. The first kappa shape index (κ1) is 21.6. The van der Waals surface area contributed by atoms with Gasteiger partial charge < -0.3 is 18.9 Å². The second-order valence-electron chi connectivity index (χ2n) is 7.94. The van der Waals surface area contributed by atoms with Gasteiger partial charge >= 0.3 is 0 Å². The minimum Gasteiger partial charge on any atom is -0.490 e. The highest BCUT2D eigenvalue weighted by atomic mass is 35.5. The molecular formula is C22H25ClN2O6S. The summed E-state index contributed by atoms with van der Waals surface area (Å²) in [7, 11) is -3.61. The maximum atomic E-state index is 13.2. The standard InChI is InChI=1S/C22H25ClN2O6S/c23-18-12-16(13-21-22(18)31-11-10-30-21)15-24-4-6-25(7-5-24)32(26,27)17-2-3-19-20(14-17)29-9-1-8-28-19/h2-3,12-14H,1,4-11,15H2. The fourth-order valence-corrected chi connectivity index (χ4v) is 5.82. The van der Waals surface area contributed by atoms with Crippen molar-refractivity contribution >= 4 is 21.6 Å². The number of hydrogen-bond donors (Lipinski definition) is 0. The molecule has 2 aromatic carbocycles. The lowest BCUT2D eigenvalue weighted by atomic mass is 10.1. The number of halogens is 1. The number of benzene rings is 2. The van der Waals surface area contributed by atoms with Gasteiger partial charge in [-0.3, -0.25) is 4.90 Å². The molecule has 0 amide bonds. The summed E-state index contributed by atoms with van der Waals surface area (Å²) in [5.74, 6) is 2.32. The van der Waals surface area contributed by atoms with Crippen molar-refractivity contribution in [3.8, 4) is 23.0 Å². The molecule has 3 heterocycles. The molecule has 3 aliphatic heterocycles. The zero-order valence-corrected chi connectivity index (χ0v) is 19.2. The molecule has 0 aromatic heterocycles. The van der Waals surface area contributed by atoms with Crippen LogP contribution in [0.3, 0.4) is 0 Å². The number of sulfonamides is 1. The molecule has 1 fully saturated rings. The van der Waals surface area contributed by atoms with Gasteiger partial charge in [0.2, 0.25) is 10.0 Å². The molecule has 1 saturated heterocycles. The van der Waals surface area contributed by atoms with Gasteiger partial charge in [-0.2, -0.15) is 4.31 Å². The first-order valence-corrected chi connectivity index (χ1v) is 12.5. The molecule has 0 atom stereocenters. The van der Waals surface area contributed by atoms with Gasteiger partial charge in [-0.25, -0.2) is 8.42 Å². The number of fused-ring (bicyclic) bond motifs is 2. The van der Waals surface area contributed by atoms with Crippen molar-refractivity contribution in [2.24, 2.45) is 0 Å². The lowest BCUT2D eigenvalue weighted by Gasteiger charge is -2.34. The molecule has 0 spiro atoms. The quantitative estimate of drug-likeness (QED) is 0.665. The topological polar surface area (TPSA) is 77.5 Å². The Hall–Kier alpha value is -2.20. The largest absolute Gasteiger partial charge is 0.490 e. The highest BCUT2D eigenvalue weighted by molar-refractivity contribution is 7.89. The van der Waals surface area contributed by atoms with Crippen LogP contribution in [0.25, 0.3) is 0 Å². The molecule has 0 aliphatic carbocycles. The van der Waals surface area contributed by atoms with Crippen molar-refractivity contribution in [3.63, 3.8) is 0 Å². The van der Waals surface area contributed by atoms with E-state index in [0.29, 0.717) is 87.2 Å². The van der Waals surface area contributed by atoms with Crippen molar-refractivity contribution in [3.05, 3.63) is 40.9 Å². The van der Waals surface area contributed by atoms with Crippen molar-refractivity contribution in [1.82, 2.24) is 9.21 Å². The minimum atomic E-state index is -3.61. The van der Waals surface area contributed by atoms with Crippen LogP contribution < -0.4 is 18.9 Å². The third-order valence-electron chi connectivity index (χ3n) is 5.75. The Labute approximate surface area is 192 Å². The maximum absolute atomic E-state index is 13.2. The molecule has 0 unspecified atom stereocenters. The number of ether oxygens (including phenoxy) is 4.